The van der Waals surface area contributed by atoms with Crippen LogP contribution >= 0.6 is 11.8 Å². The second kappa shape index (κ2) is 2.88. The van der Waals surface area contributed by atoms with E-state index in [1.807, 2.05) is 0 Å². The quantitative estimate of drug-likeness (QED) is 0.635. The number of aliphatic carboxylic acids is 1. The summed E-state index contributed by atoms with van der Waals surface area (Å²) >= 11 is 1.29. The minimum atomic E-state index is -0.845. The van der Waals surface area contributed by atoms with Crippen molar-refractivity contribution in [3.8, 4) is 0 Å². The highest BCUT2D eigenvalue weighted by Gasteiger charge is 2.18. The van der Waals surface area contributed by atoms with Gasteiger partial charge in [-0.2, -0.15) is 0 Å². The van der Waals surface area contributed by atoms with Gasteiger partial charge in [-0.15, -0.1) is 0 Å². The van der Waals surface area contributed by atoms with Crippen LogP contribution in [0.3, 0.4) is 0 Å². The Morgan fingerprint density at radius 2 is 2.60 bits per heavy atom. The summed E-state index contributed by atoms with van der Waals surface area (Å²) in [6.45, 7) is 0. The molecule has 0 bridgehead atoms. The number of carboxylic acid groups (broad SMARTS) is 1. The number of hydrogen-bond acceptors (Lipinski definition) is 3. The molecule has 0 spiro atoms. The summed E-state index contributed by atoms with van der Waals surface area (Å²) in [6, 6.07) is 0. The molecule has 1 heterocycles. The number of rotatable bonds is 2. The van der Waals surface area contributed by atoms with E-state index >= 15 is 0 Å². The third kappa shape index (κ3) is 1.60. The van der Waals surface area contributed by atoms with Gasteiger partial charge in [-0.25, -0.2) is 0 Å². The van der Waals surface area contributed by atoms with Crippen LogP contribution in [0.1, 0.15) is 6.42 Å². The van der Waals surface area contributed by atoms with Crippen LogP contribution in [0.4, 0.5) is 0 Å². The second-order valence-electron chi connectivity index (χ2n) is 2.01. The molecule has 2 N–H and O–H groups in total. The lowest BCUT2D eigenvalue weighted by Gasteiger charge is -2.01. The predicted molar refractivity (Wildman–Crippen MR) is 40.2 cm³/mol. The van der Waals surface area contributed by atoms with Gasteiger partial charge in [0, 0.05) is 5.92 Å². The van der Waals surface area contributed by atoms with E-state index in [0.717, 1.165) is 0 Å². The summed E-state index contributed by atoms with van der Waals surface area (Å²) in [6.07, 6.45) is 1.80. The molecule has 0 saturated heterocycles. The fourth-order valence-electron chi connectivity index (χ4n) is 0.731. The SMILES string of the molecule is N=C1SC=CC1CC(=O)O. The van der Waals surface area contributed by atoms with E-state index in [1.54, 1.807) is 11.5 Å². The molecule has 0 fully saturated rings. The normalized spacial score (nSPS) is 23.6. The fourth-order valence-corrected chi connectivity index (χ4v) is 1.48. The molecule has 0 aromatic rings. The first-order valence-electron chi connectivity index (χ1n) is 2.83. The molecule has 0 aromatic heterocycles. The largest absolute Gasteiger partial charge is 0.481 e. The van der Waals surface area contributed by atoms with Crippen molar-refractivity contribution in [1.82, 2.24) is 0 Å². The maximum Gasteiger partial charge on any atom is 0.304 e. The average molecular weight is 157 g/mol. The van der Waals surface area contributed by atoms with Crippen LogP contribution in [0.2, 0.25) is 0 Å². The molecule has 1 aliphatic rings. The Bertz CT molecular complexity index is 200. The molecule has 0 amide bonds. The number of hydrogen-bond donors (Lipinski definition) is 2. The van der Waals surface area contributed by atoms with Gasteiger partial charge in [-0.1, -0.05) is 17.8 Å². The van der Waals surface area contributed by atoms with Gasteiger partial charge in [0.05, 0.1) is 11.5 Å². The minimum Gasteiger partial charge on any atom is -0.481 e. The summed E-state index contributed by atoms with van der Waals surface area (Å²) in [4.78, 5) is 10.2. The summed E-state index contributed by atoms with van der Waals surface area (Å²) in [5.74, 6) is -1.02. The van der Waals surface area contributed by atoms with Crippen LogP contribution in [0.5, 0.6) is 0 Å². The summed E-state index contributed by atoms with van der Waals surface area (Å²) in [7, 11) is 0. The van der Waals surface area contributed by atoms with E-state index in [9.17, 15) is 4.79 Å². The number of allylic oxidation sites excluding steroid dienone is 1. The van der Waals surface area contributed by atoms with Crippen molar-refractivity contribution in [3.63, 3.8) is 0 Å². The molecule has 4 heteroatoms. The van der Waals surface area contributed by atoms with Crippen LogP contribution in [0, 0.1) is 11.3 Å². The number of carboxylic acids is 1. The zero-order valence-corrected chi connectivity index (χ0v) is 6.02. The Labute approximate surface area is 62.6 Å². The Hall–Kier alpha value is -0.770. The monoisotopic (exact) mass is 157 g/mol. The highest BCUT2D eigenvalue weighted by Crippen LogP contribution is 2.25. The molecule has 1 unspecified atom stereocenters. The van der Waals surface area contributed by atoms with Gasteiger partial charge in [-0.05, 0) is 5.41 Å². The molecule has 0 saturated carbocycles. The van der Waals surface area contributed by atoms with Crippen molar-refractivity contribution in [2.75, 3.05) is 0 Å². The highest BCUT2D eigenvalue weighted by atomic mass is 32.2. The predicted octanol–water partition coefficient (Wildman–Crippen LogP) is 1.32. The average Bonchev–Trinajstić information content (AvgIpc) is 2.15. The lowest BCUT2D eigenvalue weighted by molar-refractivity contribution is -0.137. The number of carbonyl (C=O) groups is 1. The van der Waals surface area contributed by atoms with Crippen LogP contribution in [-0.2, 0) is 4.79 Å². The Balaban J connectivity index is 2.48. The summed E-state index contributed by atoms with van der Waals surface area (Å²) < 4.78 is 0. The van der Waals surface area contributed by atoms with E-state index in [0.29, 0.717) is 5.04 Å². The first-order chi connectivity index (χ1) is 4.70. The lowest BCUT2D eigenvalue weighted by Crippen LogP contribution is -2.09. The van der Waals surface area contributed by atoms with Gasteiger partial charge in [0.2, 0.25) is 0 Å². The zero-order valence-electron chi connectivity index (χ0n) is 5.20. The molecule has 0 aromatic carbocycles. The van der Waals surface area contributed by atoms with Gasteiger partial charge in [0.25, 0.3) is 0 Å². The van der Waals surface area contributed by atoms with Crippen molar-refractivity contribution in [2.45, 2.75) is 6.42 Å². The van der Waals surface area contributed by atoms with Gasteiger partial charge in [0.1, 0.15) is 0 Å². The number of nitrogens with one attached hydrogen (secondary N) is 1. The van der Waals surface area contributed by atoms with E-state index in [-0.39, 0.29) is 12.3 Å². The molecule has 10 heavy (non-hydrogen) atoms. The van der Waals surface area contributed by atoms with Crippen molar-refractivity contribution in [1.29, 1.82) is 5.41 Å². The highest BCUT2D eigenvalue weighted by molar-refractivity contribution is 8.16. The van der Waals surface area contributed by atoms with E-state index in [2.05, 4.69) is 0 Å². The fraction of sp³-hybridized carbons (Fsp3) is 0.333. The van der Waals surface area contributed by atoms with Gasteiger partial charge in [0.15, 0.2) is 0 Å². The molecular formula is C6H7NO2S. The molecule has 3 nitrogen and oxygen atoms in total. The third-order valence-electron chi connectivity index (χ3n) is 1.24. The first-order valence-corrected chi connectivity index (χ1v) is 3.71. The molecular weight excluding hydrogens is 150 g/mol. The Morgan fingerprint density at radius 3 is 3.00 bits per heavy atom. The molecule has 54 valence electrons. The van der Waals surface area contributed by atoms with Crippen molar-refractivity contribution in [2.24, 2.45) is 5.92 Å². The van der Waals surface area contributed by atoms with Crippen molar-refractivity contribution >= 4 is 22.8 Å². The van der Waals surface area contributed by atoms with Crippen LogP contribution in [0.25, 0.3) is 0 Å². The molecule has 0 radical (unpaired) electrons. The lowest BCUT2D eigenvalue weighted by atomic mass is 10.1. The van der Waals surface area contributed by atoms with Crippen molar-refractivity contribution < 1.29 is 9.90 Å². The Morgan fingerprint density at radius 1 is 1.90 bits per heavy atom. The smallest absolute Gasteiger partial charge is 0.304 e. The van der Waals surface area contributed by atoms with E-state index in [1.165, 1.54) is 11.8 Å². The zero-order chi connectivity index (χ0) is 7.56. The number of thioether (sulfide) groups is 1. The van der Waals surface area contributed by atoms with E-state index < -0.39 is 5.97 Å². The minimum absolute atomic E-state index is 0.0440. The summed E-state index contributed by atoms with van der Waals surface area (Å²) in [5, 5.41) is 17.8. The van der Waals surface area contributed by atoms with Crippen LogP contribution in [0.15, 0.2) is 11.5 Å². The van der Waals surface area contributed by atoms with Gasteiger partial charge in [-0.3, -0.25) is 10.2 Å². The maximum atomic E-state index is 10.2. The topological polar surface area (TPSA) is 61.2 Å². The molecule has 0 aliphatic carbocycles. The third-order valence-corrected chi connectivity index (χ3v) is 2.09. The van der Waals surface area contributed by atoms with Crippen LogP contribution in [-0.4, -0.2) is 16.1 Å². The van der Waals surface area contributed by atoms with E-state index in [4.69, 9.17) is 10.5 Å². The van der Waals surface area contributed by atoms with Gasteiger partial charge >= 0.3 is 5.97 Å². The maximum absolute atomic E-state index is 10.2. The van der Waals surface area contributed by atoms with Gasteiger partial charge < -0.3 is 5.11 Å². The molecule has 1 rings (SSSR count). The molecule has 1 atom stereocenters. The van der Waals surface area contributed by atoms with Crippen molar-refractivity contribution in [3.05, 3.63) is 11.5 Å². The summed E-state index contributed by atoms with van der Waals surface area (Å²) in [5.41, 5.74) is 0. The Kier molecular flexibility index (Phi) is 2.11. The first kappa shape index (κ1) is 7.34. The molecule has 1 aliphatic heterocycles. The standard InChI is InChI=1S/C6H7NO2S/c7-6-4(1-2-10-6)3-5(8)9/h1-2,4,7H,3H2,(H,8,9). The van der Waals surface area contributed by atoms with Crippen LogP contribution < -0.4 is 0 Å². The second-order valence-corrected chi connectivity index (χ2v) is 2.96.